The van der Waals surface area contributed by atoms with E-state index < -0.39 is 175 Å². The lowest BCUT2D eigenvalue weighted by molar-refractivity contribution is -0.660. The molecule has 0 radical (unpaired) electrons. The van der Waals surface area contributed by atoms with Crippen molar-refractivity contribution in [2.24, 2.45) is 5.90 Å². The van der Waals surface area contributed by atoms with E-state index in [1.807, 2.05) is 23.7 Å². The minimum absolute atomic E-state index is 0.0474. The standard InChI is InChI=1S/C13H13F3N2O4.C10H7F3N2O3.C9H5F3N2O3.C9H13NO3S.C8H5F6NO6S2.C7H8F3N2O.C7H6F3NO.C6H4F3NO.C6H6O4/c1-20-6-8-11(12(19)22-3)9-4-7(21-2)5-10(13(14,15)16)18(9)17-8;1-18-9(17)7-3-5-2-6(16)4-8(10(11,12)13)15(5)14-7;10-9(11,12)7-3-5(15)1-4-2-6(8(16)17)13-14(4)7;1-6-4-7(2)9(8(3)5-6)14(11,12)13-10;9-7(10,11)22(16,17)20-15(6-4-2-1-3-5-6)21-23(18,19)8(12,13)14;1-13-5-2-3-6(7(8,9)10)12(11)4-5;1-12-5-2-3-11-6(4-5)7(8,9)10;7-6(8,9)5-3-4(11)1-2-10-5;1-9-5(7)3-4-6(8)10-2/h4-5H,6H2,1-3H3;2-4,14H,1H3;1-3,13H,(H,16,17);4-5H,10H2,1-3H3;1-5H;2-4H,11H2,1H3;2-4H,1H3;1-3H,(H,10,11);1-2H3/q;;;;;+1;;;. The molecule has 11 aromatic rings. The number of hydrogen-bond acceptors (Lipinski definition) is 30. The molecule has 0 spiro atoms. The van der Waals surface area contributed by atoms with Crippen LogP contribution in [-0.2, 0) is 120 Å². The molecule has 2 aromatic carbocycles. The number of aryl methyl sites for hydroxylation is 3. The Morgan fingerprint density at radius 1 is 0.500 bits per heavy atom. The number of pyridine rings is 6. The lowest BCUT2D eigenvalue weighted by Gasteiger charge is -2.21. The number of alkyl halides is 24. The van der Waals surface area contributed by atoms with E-state index in [4.69, 9.17) is 31.1 Å². The number of aromatic amines is 3. The van der Waals surface area contributed by atoms with Crippen molar-refractivity contribution in [1.82, 2.24) is 38.8 Å². The van der Waals surface area contributed by atoms with Gasteiger partial charge in [-0.1, -0.05) is 45.8 Å². The molecule has 11 rings (SSSR count). The molecule has 768 valence electrons. The zero-order chi connectivity index (χ0) is 108. The van der Waals surface area contributed by atoms with Gasteiger partial charge in [-0.05, 0) is 68.3 Å². The van der Waals surface area contributed by atoms with Gasteiger partial charge in [0.2, 0.25) is 6.20 Å². The lowest BCUT2D eigenvalue weighted by Crippen LogP contribution is -2.50. The number of para-hydroxylation sites is 1. The van der Waals surface area contributed by atoms with Gasteiger partial charge in [-0.3, -0.25) is 38.6 Å². The maximum Gasteiger partial charge on any atom is 0.525 e. The fourth-order valence-electron chi connectivity index (χ4n) is 9.92. The highest BCUT2D eigenvalue weighted by atomic mass is 32.2. The second-order valence-electron chi connectivity index (χ2n) is 25.6. The first-order valence-corrected chi connectivity index (χ1v) is 40.1. The van der Waals surface area contributed by atoms with Crippen LogP contribution < -0.4 is 52.1 Å². The molecule has 65 heteroatoms. The topological polar surface area (TPSA) is 506 Å². The summed E-state index contributed by atoms with van der Waals surface area (Å²) in [6, 6.07) is 21.1. The third-order valence-electron chi connectivity index (χ3n) is 15.7. The summed E-state index contributed by atoms with van der Waals surface area (Å²) in [4.78, 5) is 92.0. The van der Waals surface area contributed by atoms with E-state index in [9.17, 15) is 169 Å². The van der Waals surface area contributed by atoms with Crippen molar-refractivity contribution in [2.75, 3.05) is 67.9 Å². The molecule has 0 saturated heterocycles. The van der Waals surface area contributed by atoms with Crippen LogP contribution in [0.15, 0.2) is 165 Å². The SMILES string of the molecule is COC(=O)C#CC(=O)OC.COC(=O)c1cc2cc(=O)cc(C(F)(F)F)n2[nH]1.COCc1nn2c(C(F)(F)F)cc(OC)cc2c1C(=O)OC.COc1ccc(C(F)(F)F)[n+](N)c1.COc1ccnc(C(F)(F)F)c1.Cc1cc(C)c(S(=O)(=O)ON)c(C)c1.O=C(O)c1cc2cc(=O)cc(C(F)(F)F)n2[nH]1.O=S(=O)(ON(OS(=O)(=O)C(F)(F)F)c1ccccc1)C(F)(F)F.O=c1cc[nH]c(C(F)(F)F)c1. The Morgan fingerprint density at radius 3 is 1.34 bits per heavy atom. The summed E-state index contributed by atoms with van der Waals surface area (Å²) in [5.74, 6) is 9.45. The molecule has 9 aromatic heterocycles. The highest BCUT2D eigenvalue weighted by Crippen LogP contribution is 2.38. The molecular weight excluding hydrogens is 2040 g/mol. The zero-order valence-electron chi connectivity index (χ0n) is 71.8. The fourth-order valence-corrected chi connectivity index (χ4v) is 11.7. The number of anilines is 1. The molecule has 0 aliphatic carbocycles. The maximum absolute atomic E-state index is 13.2. The first-order valence-electron chi connectivity index (χ1n) is 35.9. The van der Waals surface area contributed by atoms with Crippen LogP contribution in [0.2, 0.25) is 0 Å². The predicted molar refractivity (Wildman–Crippen MR) is 425 cm³/mol. The molecular formula is C75H67F24N12O26S3+. The Bertz CT molecular complexity index is 6720. The zero-order valence-corrected chi connectivity index (χ0v) is 74.2. The predicted octanol–water partition coefficient (Wildman–Crippen LogP) is 11.9. The number of carboxylic acid groups (broad SMARTS) is 1. The molecule has 0 aliphatic rings. The number of carboxylic acids is 1. The first-order chi connectivity index (χ1) is 64.2. The van der Waals surface area contributed by atoms with Gasteiger partial charge in [0.15, 0.2) is 22.0 Å². The van der Waals surface area contributed by atoms with Crippen molar-refractivity contribution in [3.05, 3.63) is 250 Å². The molecule has 8 N–H and O–H groups in total. The number of aromatic carboxylic acids is 1. The summed E-state index contributed by atoms with van der Waals surface area (Å²) in [5.41, 5.74) is -20.2. The van der Waals surface area contributed by atoms with Gasteiger partial charge >= 0.3 is 114 Å². The van der Waals surface area contributed by atoms with Crippen molar-refractivity contribution in [3.8, 4) is 29.1 Å². The van der Waals surface area contributed by atoms with Crippen LogP contribution in [0.25, 0.3) is 16.6 Å². The van der Waals surface area contributed by atoms with Gasteiger partial charge in [0, 0.05) is 92.0 Å². The molecule has 0 fully saturated rings. The van der Waals surface area contributed by atoms with Crippen molar-refractivity contribution in [3.63, 3.8) is 0 Å². The number of nitrogens with one attached hydrogen (secondary N) is 3. The van der Waals surface area contributed by atoms with Crippen molar-refractivity contribution >= 4 is 82.4 Å². The minimum atomic E-state index is -6.49. The van der Waals surface area contributed by atoms with E-state index in [-0.39, 0.29) is 62.3 Å². The highest BCUT2D eigenvalue weighted by molar-refractivity contribution is 7.88. The fraction of sp³-hybridized carbons (Fsp3) is 0.267. The van der Waals surface area contributed by atoms with Crippen molar-refractivity contribution in [2.45, 2.75) is 80.3 Å². The molecule has 0 saturated carbocycles. The quantitative estimate of drug-likeness (QED) is 0.00639. The lowest BCUT2D eigenvalue weighted by atomic mass is 10.1. The van der Waals surface area contributed by atoms with Gasteiger partial charge in [-0.15, -0.1) is 8.57 Å². The number of nitrogens with zero attached hydrogens (tertiary/aromatic N) is 7. The number of nitrogens with two attached hydrogens (primary N) is 2. The Balaban J connectivity index is 0.000000410. The molecule has 38 nitrogen and oxygen atoms in total. The van der Waals surface area contributed by atoms with Crippen LogP contribution in [-0.4, -0.2) is 167 Å². The molecule has 0 amide bonds. The minimum Gasteiger partial charge on any atom is -0.497 e. The number of benzene rings is 2. The van der Waals surface area contributed by atoms with Crippen molar-refractivity contribution in [1.29, 1.82) is 0 Å². The van der Waals surface area contributed by atoms with Crippen LogP contribution in [0.5, 0.6) is 17.2 Å². The normalized spacial score (nSPS) is 11.7. The van der Waals surface area contributed by atoms with E-state index in [1.165, 1.54) is 66.9 Å². The highest BCUT2D eigenvalue weighted by Gasteiger charge is 2.54. The second kappa shape index (κ2) is 49.0. The third-order valence-corrected chi connectivity index (χ3v) is 18.9. The van der Waals surface area contributed by atoms with Gasteiger partial charge in [0.25, 0.3) is 0 Å². The van der Waals surface area contributed by atoms with E-state index in [2.05, 4.69) is 56.8 Å². The van der Waals surface area contributed by atoms with Crippen LogP contribution in [0.1, 0.15) is 87.9 Å². The third kappa shape index (κ3) is 35.0. The van der Waals surface area contributed by atoms with Gasteiger partial charge in [0.05, 0.1) is 78.6 Å². The summed E-state index contributed by atoms with van der Waals surface area (Å²) in [6.07, 6.45) is -24.4. The van der Waals surface area contributed by atoms with Gasteiger partial charge in [0.1, 0.15) is 67.5 Å². The molecule has 0 unspecified atom stereocenters. The summed E-state index contributed by atoms with van der Waals surface area (Å²) < 4.78 is 412. The largest absolute Gasteiger partial charge is 0.525 e. The summed E-state index contributed by atoms with van der Waals surface area (Å²) in [5, 5.41) is 15.7. The molecule has 9 heterocycles. The van der Waals surface area contributed by atoms with Gasteiger partial charge in [-0.25, -0.2) is 34.3 Å². The Kier molecular flexibility index (Phi) is 41.8. The number of ether oxygens (including phenoxy) is 8. The monoisotopic (exact) mass is 2100 g/mol. The number of carbonyl (C=O) groups is 5. The number of fused-ring (bicyclic) bond motifs is 3. The number of carbonyl (C=O) groups excluding carboxylic acids is 4. The number of H-pyrrole nitrogens is 3. The Hall–Kier alpha value is -14.8. The van der Waals surface area contributed by atoms with Crippen molar-refractivity contribution < 1.29 is 215 Å². The van der Waals surface area contributed by atoms with Gasteiger partial charge in [-0.2, -0.15) is 146 Å². The summed E-state index contributed by atoms with van der Waals surface area (Å²) in [6.45, 7) is 5.20. The number of methoxy groups -OCH3 is 8. The average molecular weight is 2100 g/mol. The van der Waals surface area contributed by atoms with Crippen LogP contribution in [0.3, 0.4) is 0 Å². The number of nitrogen functional groups attached to an aromatic ring is 1. The maximum atomic E-state index is 13.2. The number of halogens is 24. The van der Waals surface area contributed by atoms with Crippen LogP contribution in [0.4, 0.5) is 111 Å². The van der Waals surface area contributed by atoms with E-state index >= 15 is 0 Å². The van der Waals surface area contributed by atoms with E-state index in [1.54, 1.807) is 26.0 Å². The van der Waals surface area contributed by atoms with E-state index in [0.29, 0.717) is 47.5 Å². The molecule has 0 aliphatic heterocycles. The Morgan fingerprint density at radius 2 is 0.964 bits per heavy atom. The average Bonchev–Trinajstić information content (AvgIpc) is 1.61. The summed E-state index contributed by atoms with van der Waals surface area (Å²) in [7, 11) is -6.98. The molecule has 140 heavy (non-hydrogen) atoms. The number of hydrogen-bond donors (Lipinski definition) is 6. The summed E-state index contributed by atoms with van der Waals surface area (Å²) >= 11 is 0. The smallest absolute Gasteiger partial charge is 0.497 e. The molecule has 0 bridgehead atoms. The van der Waals surface area contributed by atoms with Crippen LogP contribution >= 0.6 is 0 Å². The number of aromatic nitrogens is 9. The first kappa shape index (κ1) is 119. The number of esters is 4. The number of rotatable bonds is 15. The molecule has 0 atom stereocenters. The van der Waals surface area contributed by atoms with Crippen LogP contribution in [0, 0.1) is 32.6 Å². The Labute approximate surface area is 767 Å². The van der Waals surface area contributed by atoms with Gasteiger partial charge < -0.3 is 48.0 Å². The van der Waals surface area contributed by atoms with E-state index in [0.717, 1.165) is 111 Å². The second-order valence-corrected chi connectivity index (χ2v) is 30.1.